The van der Waals surface area contributed by atoms with Crippen molar-refractivity contribution < 1.29 is 5.11 Å². The number of rotatable bonds is 0. The Kier molecular flexibility index (Phi) is 1.46. The van der Waals surface area contributed by atoms with Gasteiger partial charge >= 0.3 is 0 Å². The Bertz CT molecular complexity index is 109. The molecule has 2 heteroatoms. The molecule has 2 atom stereocenters. The average molecular weight is 141 g/mol. The standard InChI is InChI=1S/C8H15NO/c9-7-5-1-3-6(4-2-5)8(7)10/h5-8,10H,1-4,9H2/t5?,6?,7-,8-/m0/s1. The maximum absolute atomic E-state index is 9.54. The van der Waals surface area contributed by atoms with E-state index in [4.69, 9.17) is 5.73 Å². The third kappa shape index (κ3) is 0.789. The van der Waals surface area contributed by atoms with Crippen molar-refractivity contribution in [1.82, 2.24) is 0 Å². The fraction of sp³-hybridized carbons (Fsp3) is 1.00. The van der Waals surface area contributed by atoms with Crippen LogP contribution in [0.4, 0.5) is 0 Å². The number of aliphatic hydroxyl groups is 1. The highest BCUT2D eigenvalue weighted by Gasteiger charge is 2.40. The Morgan fingerprint density at radius 2 is 1.50 bits per heavy atom. The molecule has 0 amide bonds. The molecule has 3 aliphatic carbocycles. The Hall–Kier alpha value is -0.0800. The van der Waals surface area contributed by atoms with Gasteiger partial charge in [-0.3, -0.25) is 0 Å². The number of aliphatic hydroxyl groups excluding tert-OH is 1. The van der Waals surface area contributed by atoms with E-state index in [0.29, 0.717) is 11.8 Å². The topological polar surface area (TPSA) is 46.2 Å². The molecule has 58 valence electrons. The largest absolute Gasteiger partial charge is 0.391 e. The summed E-state index contributed by atoms with van der Waals surface area (Å²) >= 11 is 0. The van der Waals surface area contributed by atoms with E-state index < -0.39 is 0 Å². The van der Waals surface area contributed by atoms with Crippen molar-refractivity contribution in [3.63, 3.8) is 0 Å². The van der Waals surface area contributed by atoms with Gasteiger partial charge in [0.15, 0.2) is 0 Å². The highest BCUT2D eigenvalue weighted by atomic mass is 16.3. The molecule has 0 radical (unpaired) electrons. The van der Waals surface area contributed by atoms with E-state index in [1.54, 1.807) is 0 Å². The van der Waals surface area contributed by atoms with E-state index in [0.717, 1.165) is 0 Å². The first kappa shape index (κ1) is 6.62. The summed E-state index contributed by atoms with van der Waals surface area (Å²) in [5, 5.41) is 9.54. The van der Waals surface area contributed by atoms with Gasteiger partial charge in [0.1, 0.15) is 0 Å². The summed E-state index contributed by atoms with van der Waals surface area (Å²) in [6.07, 6.45) is 4.73. The summed E-state index contributed by atoms with van der Waals surface area (Å²) in [5.41, 5.74) is 5.81. The second-order valence-electron chi connectivity index (χ2n) is 3.74. The van der Waals surface area contributed by atoms with Gasteiger partial charge < -0.3 is 10.8 Å². The minimum Gasteiger partial charge on any atom is -0.391 e. The van der Waals surface area contributed by atoms with Crippen LogP contribution in [0.5, 0.6) is 0 Å². The van der Waals surface area contributed by atoms with Gasteiger partial charge in [-0.05, 0) is 37.5 Å². The van der Waals surface area contributed by atoms with Crippen LogP contribution < -0.4 is 5.73 Å². The number of hydrogen-bond donors (Lipinski definition) is 2. The first-order valence-corrected chi connectivity index (χ1v) is 4.22. The van der Waals surface area contributed by atoms with Gasteiger partial charge in [-0.2, -0.15) is 0 Å². The molecule has 0 aromatic heterocycles. The smallest absolute Gasteiger partial charge is 0.0721 e. The van der Waals surface area contributed by atoms with Gasteiger partial charge in [0, 0.05) is 6.04 Å². The van der Waals surface area contributed by atoms with Gasteiger partial charge in [-0.1, -0.05) is 0 Å². The van der Waals surface area contributed by atoms with Crippen LogP contribution in [-0.4, -0.2) is 17.3 Å². The summed E-state index contributed by atoms with van der Waals surface area (Å²) in [6, 6.07) is 0.0903. The van der Waals surface area contributed by atoms with Gasteiger partial charge in [0.2, 0.25) is 0 Å². The van der Waals surface area contributed by atoms with Gasteiger partial charge in [-0.15, -0.1) is 0 Å². The van der Waals surface area contributed by atoms with Crippen LogP contribution in [0.1, 0.15) is 25.7 Å². The molecule has 3 saturated carbocycles. The molecule has 3 fully saturated rings. The second-order valence-corrected chi connectivity index (χ2v) is 3.74. The van der Waals surface area contributed by atoms with E-state index in [1.165, 1.54) is 25.7 Å². The first-order chi connectivity index (χ1) is 4.79. The lowest BCUT2D eigenvalue weighted by Gasteiger charge is -2.44. The van der Waals surface area contributed by atoms with Crippen LogP contribution in [0.25, 0.3) is 0 Å². The first-order valence-electron chi connectivity index (χ1n) is 4.22. The predicted octanol–water partition coefficient (Wildman–Crippen LogP) is 0.495. The molecule has 3 aliphatic rings. The van der Waals surface area contributed by atoms with Crippen molar-refractivity contribution in [3.05, 3.63) is 0 Å². The van der Waals surface area contributed by atoms with Crippen LogP contribution in [0.2, 0.25) is 0 Å². The summed E-state index contributed by atoms with van der Waals surface area (Å²) in [4.78, 5) is 0. The summed E-state index contributed by atoms with van der Waals surface area (Å²) in [6.45, 7) is 0. The van der Waals surface area contributed by atoms with E-state index in [9.17, 15) is 5.11 Å². The Balaban J connectivity index is 2.13. The molecule has 0 aromatic rings. The van der Waals surface area contributed by atoms with Crippen molar-refractivity contribution in [3.8, 4) is 0 Å². The molecule has 3 N–H and O–H groups in total. The fourth-order valence-electron chi connectivity index (χ4n) is 2.46. The molecule has 0 aromatic carbocycles. The molecular weight excluding hydrogens is 126 g/mol. The van der Waals surface area contributed by atoms with Crippen LogP contribution >= 0.6 is 0 Å². The van der Waals surface area contributed by atoms with Gasteiger partial charge in [-0.25, -0.2) is 0 Å². The molecule has 0 heterocycles. The molecule has 2 nitrogen and oxygen atoms in total. The Morgan fingerprint density at radius 1 is 1.00 bits per heavy atom. The summed E-state index contributed by atoms with van der Waals surface area (Å²) < 4.78 is 0. The zero-order chi connectivity index (χ0) is 7.14. The highest BCUT2D eigenvalue weighted by molar-refractivity contribution is 4.94. The lowest BCUT2D eigenvalue weighted by molar-refractivity contribution is -0.0176. The SMILES string of the molecule is N[C@H]1C2CCC(CC2)[C@@H]1O. The third-order valence-corrected chi connectivity index (χ3v) is 3.24. The normalized spacial score (nSPS) is 53.4. The minimum atomic E-state index is -0.188. The predicted molar refractivity (Wildman–Crippen MR) is 39.4 cm³/mol. The van der Waals surface area contributed by atoms with Crippen molar-refractivity contribution in [2.75, 3.05) is 0 Å². The highest BCUT2D eigenvalue weighted by Crippen LogP contribution is 2.40. The zero-order valence-electron chi connectivity index (χ0n) is 6.16. The van der Waals surface area contributed by atoms with Crippen LogP contribution in [-0.2, 0) is 0 Å². The van der Waals surface area contributed by atoms with Gasteiger partial charge in [0.25, 0.3) is 0 Å². The Labute approximate surface area is 61.4 Å². The summed E-state index contributed by atoms with van der Waals surface area (Å²) in [7, 11) is 0. The van der Waals surface area contributed by atoms with E-state index in [1.807, 2.05) is 0 Å². The monoisotopic (exact) mass is 141 g/mol. The lowest BCUT2D eigenvalue weighted by atomic mass is 9.66. The molecule has 0 spiro atoms. The number of fused-ring (bicyclic) bond motifs is 3. The van der Waals surface area contributed by atoms with Gasteiger partial charge in [0.05, 0.1) is 6.10 Å². The number of nitrogens with two attached hydrogens (primary N) is 1. The maximum atomic E-state index is 9.54. The van der Waals surface area contributed by atoms with Crippen molar-refractivity contribution in [2.24, 2.45) is 17.6 Å². The van der Waals surface area contributed by atoms with Crippen molar-refractivity contribution in [2.45, 2.75) is 37.8 Å². The fourth-order valence-corrected chi connectivity index (χ4v) is 2.46. The van der Waals surface area contributed by atoms with E-state index >= 15 is 0 Å². The molecule has 10 heavy (non-hydrogen) atoms. The van der Waals surface area contributed by atoms with Crippen LogP contribution in [0.15, 0.2) is 0 Å². The average Bonchev–Trinajstić information content (AvgIpc) is 2.00. The van der Waals surface area contributed by atoms with E-state index in [2.05, 4.69) is 0 Å². The molecule has 2 bridgehead atoms. The van der Waals surface area contributed by atoms with Crippen LogP contribution in [0, 0.1) is 11.8 Å². The zero-order valence-corrected chi connectivity index (χ0v) is 6.16. The van der Waals surface area contributed by atoms with Crippen LogP contribution in [0.3, 0.4) is 0 Å². The molecule has 0 aliphatic heterocycles. The molecule has 0 saturated heterocycles. The molecule has 3 rings (SSSR count). The van der Waals surface area contributed by atoms with Crippen molar-refractivity contribution in [1.29, 1.82) is 0 Å². The molecular formula is C8H15NO. The minimum absolute atomic E-state index is 0.0903. The maximum Gasteiger partial charge on any atom is 0.0721 e. The second kappa shape index (κ2) is 2.21. The van der Waals surface area contributed by atoms with E-state index in [-0.39, 0.29) is 12.1 Å². The summed E-state index contributed by atoms with van der Waals surface area (Å²) in [5.74, 6) is 1.15. The lowest BCUT2D eigenvalue weighted by Crippen LogP contribution is -2.52. The third-order valence-electron chi connectivity index (χ3n) is 3.24. The quantitative estimate of drug-likeness (QED) is 0.516. The van der Waals surface area contributed by atoms with Crippen molar-refractivity contribution >= 4 is 0 Å². The molecule has 0 unspecified atom stereocenters. The Morgan fingerprint density at radius 3 is 1.80 bits per heavy atom. The number of hydrogen-bond acceptors (Lipinski definition) is 2.